The van der Waals surface area contributed by atoms with Crippen LogP contribution in [0.5, 0.6) is 0 Å². The molecule has 0 aliphatic carbocycles. The van der Waals surface area contributed by atoms with E-state index in [0.717, 1.165) is 23.2 Å². The summed E-state index contributed by atoms with van der Waals surface area (Å²) in [6.07, 6.45) is -2.53. The Bertz CT molecular complexity index is 1040. The van der Waals surface area contributed by atoms with Crippen LogP contribution < -0.4 is 16.0 Å². The number of benzene rings is 1. The van der Waals surface area contributed by atoms with Gasteiger partial charge in [0, 0.05) is 24.9 Å². The first-order chi connectivity index (χ1) is 14.2. The lowest BCUT2D eigenvalue weighted by molar-refractivity contribution is -0.137. The summed E-state index contributed by atoms with van der Waals surface area (Å²) >= 11 is 5.95. The van der Waals surface area contributed by atoms with Gasteiger partial charge in [-0.25, -0.2) is 15.0 Å². The quantitative estimate of drug-likeness (QED) is 0.748. The van der Waals surface area contributed by atoms with Gasteiger partial charge in [0.25, 0.3) is 5.91 Å². The molecule has 1 aromatic carbocycles. The summed E-state index contributed by atoms with van der Waals surface area (Å²) in [5, 5.41) is 1.12. The van der Waals surface area contributed by atoms with E-state index in [-0.39, 0.29) is 5.56 Å². The van der Waals surface area contributed by atoms with Crippen LogP contribution in [0.4, 0.5) is 19.1 Å². The van der Waals surface area contributed by atoms with Crippen molar-refractivity contribution in [3.05, 3.63) is 63.7 Å². The molecule has 7 nitrogen and oxygen atoms in total. The van der Waals surface area contributed by atoms with Gasteiger partial charge in [0.1, 0.15) is 0 Å². The van der Waals surface area contributed by atoms with E-state index in [1.54, 1.807) is 24.2 Å². The molecular formula is C19H18ClF3N6O. The van der Waals surface area contributed by atoms with Crippen molar-refractivity contribution in [2.24, 2.45) is 0 Å². The number of nitrogens with one attached hydrogen (secondary N) is 2. The topological polar surface area (TPSA) is 73.4 Å². The fourth-order valence-corrected chi connectivity index (χ4v) is 3.92. The van der Waals surface area contributed by atoms with Gasteiger partial charge in [0.15, 0.2) is 0 Å². The monoisotopic (exact) mass is 438 g/mol. The van der Waals surface area contributed by atoms with Crippen LogP contribution in [0.15, 0.2) is 41.9 Å². The Hall–Kier alpha value is -2.85. The molecule has 2 aromatic rings. The van der Waals surface area contributed by atoms with E-state index in [1.807, 2.05) is 6.92 Å². The van der Waals surface area contributed by atoms with Crippen molar-refractivity contribution in [1.82, 2.24) is 25.8 Å². The average molecular weight is 439 g/mol. The first-order valence-corrected chi connectivity index (χ1v) is 9.57. The zero-order valence-electron chi connectivity index (χ0n) is 16.1. The number of rotatable bonds is 2. The molecule has 0 saturated carbocycles. The van der Waals surface area contributed by atoms with Gasteiger partial charge in [-0.15, -0.1) is 5.53 Å². The van der Waals surface area contributed by atoms with Crippen molar-refractivity contribution >= 4 is 23.5 Å². The number of carbonyl (C=O) groups is 1. The Morgan fingerprint density at radius 3 is 2.77 bits per heavy atom. The third-order valence-corrected chi connectivity index (χ3v) is 5.54. The summed E-state index contributed by atoms with van der Waals surface area (Å²) in [6, 6.07) is 4.72. The van der Waals surface area contributed by atoms with E-state index in [2.05, 4.69) is 20.9 Å². The minimum atomic E-state index is -4.64. The van der Waals surface area contributed by atoms with Crippen LogP contribution in [0.1, 0.15) is 35.0 Å². The van der Waals surface area contributed by atoms with Crippen LogP contribution in [-0.2, 0) is 6.18 Å². The van der Waals surface area contributed by atoms with Crippen molar-refractivity contribution in [2.75, 3.05) is 11.6 Å². The summed E-state index contributed by atoms with van der Waals surface area (Å²) in [5.74, 6) is -0.0994. The predicted octanol–water partition coefficient (Wildman–Crippen LogP) is 3.43. The number of hydrazine groups is 2. The molecular weight excluding hydrogens is 421 g/mol. The van der Waals surface area contributed by atoms with E-state index in [9.17, 15) is 18.0 Å². The van der Waals surface area contributed by atoms with E-state index in [1.165, 1.54) is 17.0 Å². The van der Waals surface area contributed by atoms with Gasteiger partial charge in [0.2, 0.25) is 5.95 Å². The van der Waals surface area contributed by atoms with Crippen LogP contribution in [-0.4, -0.2) is 33.4 Å². The molecule has 4 rings (SSSR count). The van der Waals surface area contributed by atoms with Crippen molar-refractivity contribution in [3.8, 4) is 0 Å². The largest absolute Gasteiger partial charge is 0.417 e. The third kappa shape index (κ3) is 3.46. The number of hydrogen-bond donors (Lipinski definition) is 2. The lowest BCUT2D eigenvalue weighted by Gasteiger charge is -2.35. The Morgan fingerprint density at radius 2 is 2.07 bits per heavy atom. The van der Waals surface area contributed by atoms with Gasteiger partial charge in [-0.05, 0) is 32.0 Å². The second kappa shape index (κ2) is 7.44. The van der Waals surface area contributed by atoms with Gasteiger partial charge in [0.05, 0.1) is 33.6 Å². The fraction of sp³-hybridized carbons (Fsp3) is 0.316. The maximum Gasteiger partial charge on any atom is 0.417 e. The highest BCUT2D eigenvalue weighted by Crippen LogP contribution is 2.37. The van der Waals surface area contributed by atoms with E-state index in [0.29, 0.717) is 18.9 Å². The molecule has 11 heteroatoms. The predicted molar refractivity (Wildman–Crippen MR) is 104 cm³/mol. The minimum Gasteiger partial charge on any atom is -0.330 e. The van der Waals surface area contributed by atoms with Gasteiger partial charge >= 0.3 is 6.18 Å². The number of aryl methyl sites for hydroxylation is 1. The van der Waals surface area contributed by atoms with Crippen molar-refractivity contribution in [2.45, 2.75) is 32.5 Å². The summed E-state index contributed by atoms with van der Waals surface area (Å²) < 4.78 is 39.5. The molecule has 30 heavy (non-hydrogen) atoms. The Morgan fingerprint density at radius 1 is 1.30 bits per heavy atom. The molecule has 2 N–H and O–H groups in total. The van der Waals surface area contributed by atoms with Gasteiger partial charge in [-0.1, -0.05) is 17.7 Å². The smallest absolute Gasteiger partial charge is 0.330 e. The van der Waals surface area contributed by atoms with Gasteiger partial charge in [-0.3, -0.25) is 4.79 Å². The molecule has 158 valence electrons. The second-order valence-corrected chi connectivity index (χ2v) is 7.40. The average Bonchev–Trinajstić information content (AvgIpc) is 3.12. The molecule has 3 heterocycles. The van der Waals surface area contributed by atoms with Crippen LogP contribution in [0.25, 0.3) is 0 Å². The van der Waals surface area contributed by atoms with Gasteiger partial charge in [-0.2, -0.15) is 13.2 Å². The zero-order chi connectivity index (χ0) is 21.6. The number of aromatic nitrogens is 2. The van der Waals surface area contributed by atoms with E-state index in [4.69, 9.17) is 11.6 Å². The van der Waals surface area contributed by atoms with Crippen LogP contribution in [0.3, 0.4) is 0 Å². The Labute approximate surface area is 175 Å². The first-order valence-electron chi connectivity index (χ1n) is 9.19. The number of halogens is 4. The standard InChI is InChI=1S/C19H18ClF3N6O/c1-10-6-8-24-18(25-10)29-14-7-9-28(11(2)16(14)26-27-29)17(30)12-4-3-5-13(15(12)20)19(21,22)23/h3-6,8,11,26-27H,7,9H2,1-2H3/t11-/m0/s1. The van der Waals surface area contributed by atoms with Crippen LogP contribution in [0, 0.1) is 6.92 Å². The van der Waals surface area contributed by atoms with Crippen molar-refractivity contribution < 1.29 is 18.0 Å². The minimum absolute atomic E-state index is 0.174. The number of carbonyl (C=O) groups excluding carboxylic acids is 1. The molecule has 0 spiro atoms. The molecule has 1 aromatic heterocycles. The Kier molecular flexibility index (Phi) is 5.07. The molecule has 1 atom stereocenters. The number of alkyl halides is 3. The van der Waals surface area contributed by atoms with Crippen LogP contribution >= 0.6 is 11.6 Å². The maximum atomic E-state index is 13.2. The van der Waals surface area contributed by atoms with Crippen LogP contribution in [0.2, 0.25) is 5.02 Å². The third-order valence-electron chi connectivity index (χ3n) is 5.14. The highest BCUT2D eigenvalue weighted by Gasteiger charge is 2.39. The normalized spacial score (nSPS) is 19.1. The number of nitrogens with zero attached hydrogens (tertiary/aromatic N) is 4. The molecule has 0 radical (unpaired) electrons. The van der Waals surface area contributed by atoms with E-state index < -0.39 is 28.7 Å². The maximum absolute atomic E-state index is 13.2. The van der Waals surface area contributed by atoms with Crippen molar-refractivity contribution in [1.29, 1.82) is 0 Å². The molecule has 2 aliphatic rings. The molecule has 0 fully saturated rings. The fourth-order valence-electron chi connectivity index (χ4n) is 3.61. The SMILES string of the molecule is Cc1ccnc(N2NNC3=C2CCN(C(=O)c2cccc(C(F)(F)F)c2Cl)[C@H]3C)n1. The summed E-state index contributed by atoms with van der Waals surface area (Å²) in [5.41, 5.74) is 7.21. The molecule has 0 saturated heterocycles. The Balaban J connectivity index is 1.62. The lowest BCUT2D eigenvalue weighted by Crippen LogP contribution is -2.46. The lowest BCUT2D eigenvalue weighted by atomic mass is 10.0. The van der Waals surface area contributed by atoms with Crippen molar-refractivity contribution in [3.63, 3.8) is 0 Å². The highest BCUT2D eigenvalue weighted by molar-refractivity contribution is 6.34. The summed E-state index contributed by atoms with van der Waals surface area (Å²) in [7, 11) is 0. The molecule has 1 amide bonds. The number of amides is 1. The molecule has 2 aliphatic heterocycles. The van der Waals surface area contributed by atoms with Gasteiger partial charge < -0.3 is 10.3 Å². The van der Waals surface area contributed by atoms with E-state index >= 15 is 0 Å². The summed E-state index contributed by atoms with van der Waals surface area (Å²) in [4.78, 5) is 23.2. The highest BCUT2D eigenvalue weighted by atomic mass is 35.5. The summed E-state index contributed by atoms with van der Waals surface area (Å²) in [6.45, 7) is 3.95. The second-order valence-electron chi connectivity index (χ2n) is 7.02. The number of anilines is 1. The zero-order valence-corrected chi connectivity index (χ0v) is 16.8. The number of hydrogen-bond acceptors (Lipinski definition) is 6. The molecule has 0 bridgehead atoms. The molecule has 0 unspecified atom stereocenters. The first kappa shape index (κ1) is 20.4.